The van der Waals surface area contributed by atoms with Crippen molar-refractivity contribution in [1.29, 1.82) is 0 Å². The maximum Gasteiger partial charge on any atom is 0.142 e. The average molecular weight is 1060 g/mol. The first kappa shape index (κ1) is 63.7. The van der Waals surface area contributed by atoms with Crippen LogP contribution in [0.5, 0.6) is 0 Å². The van der Waals surface area contributed by atoms with Crippen molar-refractivity contribution in [3.05, 3.63) is 17.5 Å². The molecule has 3 aliphatic carbocycles. The third-order valence-electron chi connectivity index (χ3n) is 15.6. The summed E-state index contributed by atoms with van der Waals surface area (Å²) in [5.74, 6) is 3.82. The number of aromatic nitrogens is 1. The molecule has 4 fully saturated rings. The summed E-state index contributed by atoms with van der Waals surface area (Å²) < 4.78 is 5.08. The van der Waals surface area contributed by atoms with Crippen molar-refractivity contribution in [2.45, 2.75) is 258 Å². The zero-order chi connectivity index (χ0) is 57.1. The highest BCUT2D eigenvalue weighted by molar-refractivity contribution is 6.35. The molecule has 13 nitrogen and oxygen atoms in total. The van der Waals surface area contributed by atoms with E-state index in [0.717, 1.165) is 40.6 Å². The van der Waals surface area contributed by atoms with Crippen molar-refractivity contribution < 1.29 is 4.52 Å². The van der Waals surface area contributed by atoms with Crippen LogP contribution in [0.15, 0.2) is 60.5 Å². The van der Waals surface area contributed by atoms with E-state index in [2.05, 4.69) is 177 Å². The minimum atomic E-state index is 0.0846. The lowest BCUT2D eigenvalue weighted by Crippen LogP contribution is -2.34. The Bertz CT molecular complexity index is 2340. The first-order valence-electron chi connectivity index (χ1n) is 29.9. The first-order valence-corrected chi connectivity index (χ1v) is 29.9. The van der Waals surface area contributed by atoms with Gasteiger partial charge in [0.05, 0.1) is 34.3 Å². The van der Waals surface area contributed by atoms with Crippen molar-refractivity contribution in [2.75, 3.05) is 20.1 Å². The SMILES string of the molecule is CC(C)(C)C1=NC(C2CC2)N=C1.CC(C)(C)C1=NC(C2CCCC2)N=C1.CC(C)(C)C1=NC(C2CCCCC2)N=C1.CC1N=CC(C(C)(C)C)=N1.CN1CCC(C2N=CC(C(C)(C)C)=N2)CC1.Cc1cc(C(C)(C)C)on1. The lowest BCUT2D eigenvalue weighted by Gasteiger charge is -2.30. The molecule has 0 bridgehead atoms. The predicted molar refractivity (Wildman–Crippen MR) is 333 cm³/mol. The van der Waals surface area contributed by atoms with E-state index in [1.165, 1.54) is 114 Å². The van der Waals surface area contributed by atoms with E-state index in [9.17, 15) is 0 Å². The molecule has 10 rings (SSSR count). The maximum atomic E-state index is 5.08. The van der Waals surface area contributed by atoms with E-state index in [-0.39, 0.29) is 63.3 Å². The van der Waals surface area contributed by atoms with Crippen LogP contribution in [-0.2, 0) is 5.41 Å². The number of aliphatic imine (C=N–C) groups is 10. The Kier molecular flexibility index (Phi) is 22.2. The van der Waals surface area contributed by atoms with Crippen LogP contribution >= 0.6 is 0 Å². The minimum absolute atomic E-state index is 0.0846. The van der Waals surface area contributed by atoms with Gasteiger partial charge in [0.1, 0.15) is 36.6 Å². The lowest BCUT2D eigenvalue weighted by molar-refractivity contribution is 0.202. The van der Waals surface area contributed by atoms with Gasteiger partial charge in [-0.1, -0.05) is 162 Å². The Morgan fingerprint density at radius 3 is 0.922 bits per heavy atom. The van der Waals surface area contributed by atoms with Gasteiger partial charge in [-0.3, -0.25) is 49.9 Å². The fraction of sp³-hybridized carbons (Fsp3) is 0.797. The zero-order valence-corrected chi connectivity index (χ0v) is 52.5. The Balaban J connectivity index is 0.000000172. The Labute approximate surface area is 468 Å². The second-order valence-electron chi connectivity index (χ2n) is 29.5. The largest absolute Gasteiger partial charge is 0.361 e. The van der Waals surface area contributed by atoms with Crippen LogP contribution in [0.1, 0.15) is 226 Å². The number of rotatable bonds is 4. The molecule has 7 heterocycles. The molecule has 1 aromatic rings. The number of aryl methyl sites for hydroxylation is 1. The second-order valence-corrected chi connectivity index (χ2v) is 29.5. The van der Waals surface area contributed by atoms with Crippen molar-refractivity contribution in [3.63, 3.8) is 0 Å². The second kappa shape index (κ2) is 26.9. The molecule has 5 unspecified atom stereocenters. The molecule has 77 heavy (non-hydrogen) atoms. The van der Waals surface area contributed by atoms with E-state index >= 15 is 0 Å². The normalized spacial score (nSPS) is 26.0. The zero-order valence-electron chi connectivity index (χ0n) is 52.5. The van der Waals surface area contributed by atoms with Gasteiger partial charge in [0.15, 0.2) is 0 Å². The fourth-order valence-electron chi connectivity index (χ4n) is 9.84. The lowest BCUT2D eigenvalue weighted by atomic mass is 9.87. The van der Waals surface area contributed by atoms with Gasteiger partial charge in [-0.25, -0.2) is 0 Å². The third kappa shape index (κ3) is 20.8. The summed E-state index contributed by atoms with van der Waals surface area (Å²) in [4.78, 5) is 47.9. The molecule has 13 heteroatoms. The van der Waals surface area contributed by atoms with Crippen molar-refractivity contribution >= 4 is 59.6 Å². The molecule has 0 N–H and O–H groups in total. The van der Waals surface area contributed by atoms with Crippen molar-refractivity contribution in [2.24, 2.45) is 101 Å². The Morgan fingerprint density at radius 2 is 0.688 bits per heavy atom. The van der Waals surface area contributed by atoms with Crippen LogP contribution < -0.4 is 0 Å². The average Bonchev–Trinajstić information content (AvgIpc) is 4.14. The minimum Gasteiger partial charge on any atom is -0.361 e. The van der Waals surface area contributed by atoms with Gasteiger partial charge < -0.3 is 9.42 Å². The first-order chi connectivity index (χ1) is 35.7. The maximum absolute atomic E-state index is 5.08. The molecule has 3 saturated carbocycles. The van der Waals surface area contributed by atoms with Gasteiger partial charge in [0.25, 0.3) is 0 Å². The summed E-state index contributed by atoms with van der Waals surface area (Å²) in [7, 11) is 2.19. The van der Waals surface area contributed by atoms with Gasteiger partial charge in [-0.2, -0.15) is 0 Å². The van der Waals surface area contributed by atoms with Crippen molar-refractivity contribution in [1.82, 2.24) is 10.1 Å². The number of piperidine rings is 1. The van der Waals surface area contributed by atoms with E-state index in [0.29, 0.717) is 5.92 Å². The van der Waals surface area contributed by atoms with Crippen LogP contribution in [0.25, 0.3) is 0 Å². The quantitative estimate of drug-likeness (QED) is 0.295. The molecule has 1 aromatic heterocycles. The van der Waals surface area contributed by atoms with Gasteiger partial charge in [0, 0.05) is 93.3 Å². The highest BCUT2D eigenvalue weighted by Crippen LogP contribution is 2.38. The summed E-state index contributed by atoms with van der Waals surface area (Å²) in [6.07, 6.45) is 28.3. The van der Waals surface area contributed by atoms with Gasteiger partial charge in [-0.05, 0) is 85.4 Å². The molecular formula is C64H108N12O. The highest BCUT2D eigenvalue weighted by atomic mass is 16.5. The predicted octanol–water partition coefficient (Wildman–Crippen LogP) is 15.2. The Hall–Kier alpha value is -4.13. The molecule has 9 aliphatic rings. The van der Waals surface area contributed by atoms with Crippen LogP contribution in [0, 0.1) is 57.7 Å². The smallest absolute Gasteiger partial charge is 0.142 e. The third-order valence-corrected chi connectivity index (χ3v) is 15.6. The van der Waals surface area contributed by atoms with Crippen molar-refractivity contribution in [3.8, 4) is 0 Å². The molecule has 5 atom stereocenters. The topological polar surface area (TPSA) is 153 Å². The standard InChI is InChI=1S/C13H23N3.C13H22N2.C12H20N2.C10H16N2.C8H14N2.C8H13NO/c1-13(2,3)11-9-14-12(15-11)10-5-7-16(4)8-6-10;1-13(2,3)11-9-14-12(15-11)10-7-5-4-6-8-10;1-12(2,3)10-8-13-11(14-10)9-6-4-5-7-9;1-10(2,3)8-6-11-9(12-8)7-4-5-7;1-6-9-5-7(10-6)8(2,3)4;1-6-5-7(10-9-6)8(2,3)4/h9-10,12H,5-8H2,1-4H3;9-10,12H,4-8H2,1-3H3;8-9,11H,4-7H2,1-3H3;6-7,9H,4-5H2,1-3H3;5-6H,1-4H3;5H,1-4H3. The Morgan fingerprint density at radius 1 is 0.390 bits per heavy atom. The van der Waals surface area contributed by atoms with Crippen LogP contribution in [-0.4, -0.2) is 121 Å². The molecule has 0 radical (unpaired) electrons. The van der Waals surface area contributed by atoms with Gasteiger partial charge >= 0.3 is 0 Å². The van der Waals surface area contributed by atoms with E-state index in [1.807, 2.05) is 51.0 Å². The van der Waals surface area contributed by atoms with Gasteiger partial charge in [0.2, 0.25) is 0 Å². The van der Waals surface area contributed by atoms with Gasteiger partial charge in [-0.15, -0.1) is 0 Å². The summed E-state index contributed by atoms with van der Waals surface area (Å²) in [5.41, 5.74) is 7.63. The number of likely N-dealkylation sites (tertiary alicyclic amines) is 1. The van der Waals surface area contributed by atoms with E-state index in [4.69, 9.17) is 19.5 Å². The molecular weight excluding hydrogens is 953 g/mol. The van der Waals surface area contributed by atoms with Crippen LogP contribution in [0.2, 0.25) is 0 Å². The number of nitrogens with zero attached hydrogens (tertiary/aromatic N) is 12. The summed E-state index contributed by atoms with van der Waals surface area (Å²) >= 11 is 0. The van der Waals surface area contributed by atoms with Crippen LogP contribution in [0.3, 0.4) is 0 Å². The monoisotopic (exact) mass is 1060 g/mol. The summed E-state index contributed by atoms with van der Waals surface area (Å²) in [6.45, 7) is 45.5. The van der Waals surface area contributed by atoms with E-state index < -0.39 is 0 Å². The molecule has 0 amide bonds. The summed E-state index contributed by atoms with van der Waals surface area (Å²) in [6, 6.07) is 1.97. The fourth-order valence-corrected chi connectivity index (χ4v) is 9.84. The molecule has 1 saturated heterocycles. The molecule has 6 aliphatic heterocycles. The molecule has 0 spiro atoms. The van der Waals surface area contributed by atoms with E-state index in [1.54, 1.807) is 0 Å². The number of hydrogen-bond acceptors (Lipinski definition) is 13. The summed E-state index contributed by atoms with van der Waals surface area (Å²) in [5, 5.41) is 3.81. The van der Waals surface area contributed by atoms with Crippen LogP contribution in [0.4, 0.5) is 0 Å². The number of hydrogen-bond donors (Lipinski definition) is 0. The highest BCUT2D eigenvalue weighted by Gasteiger charge is 2.35. The molecule has 430 valence electrons. The molecule has 0 aromatic carbocycles.